The highest BCUT2D eigenvalue weighted by Crippen LogP contribution is 2.49. The van der Waals surface area contributed by atoms with E-state index >= 15 is 0 Å². The first-order valence-corrected chi connectivity index (χ1v) is 11.8. The van der Waals surface area contributed by atoms with Gasteiger partial charge in [0.05, 0.1) is 9.92 Å². The first kappa shape index (κ1) is 18.2. The van der Waals surface area contributed by atoms with E-state index < -0.39 is 19.9 Å². The molecule has 0 heterocycles. The Kier molecular flexibility index (Phi) is 4.75. The summed E-state index contributed by atoms with van der Waals surface area (Å²) in [6.07, 6.45) is 5.72. The Morgan fingerprint density at radius 2 is 1.88 bits per heavy atom. The molecule has 0 spiro atoms. The fourth-order valence-corrected chi connectivity index (χ4v) is 6.76. The first-order valence-electron chi connectivity index (χ1n) is 8.10. The summed E-state index contributed by atoms with van der Waals surface area (Å²) in [5.74, 6) is 1.66. The van der Waals surface area contributed by atoms with Crippen LogP contribution in [-0.4, -0.2) is 29.1 Å². The number of benzene rings is 1. The number of nitrogens with one attached hydrogen (secondary N) is 1. The van der Waals surface area contributed by atoms with Crippen molar-refractivity contribution in [1.82, 2.24) is 4.72 Å². The van der Waals surface area contributed by atoms with E-state index in [0.29, 0.717) is 11.8 Å². The van der Waals surface area contributed by atoms with E-state index in [9.17, 15) is 16.8 Å². The van der Waals surface area contributed by atoms with E-state index in [4.69, 9.17) is 11.6 Å². The molecule has 0 aliphatic heterocycles. The summed E-state index contributed by atoms with van der Waals surface area (Å²) in [5.41, 5.74) is 0. The van der Waals surface area contributed by atoms with Gasteiger partial charge in [0.25, 0.3) is 0 Å². The molecule has 1 aromatic carbocycles. The molecule has 2 bridgehead atoms. The molecule has 0 aromatic heterocycles. The second kappa shape index (κ2) is 6.27. The average molecular weight is 392 g/mol. The molecule has 24 heavy (non-hydrogen) atoms. The maximum Gasteiger partial charge on any atom is 0.242 e. The van der Waals surface area contributed by atoms with Crippen molar-refractivity contribution < 1.29 is 16.8 Å². The second-order valence-electron chi connectivity index (χ2n) is 7.11. The van der Waals surface area contributed by atoms with E-state index in [1.165, 1.54) is 31.4 Å². The molecule has 2 aliphatic carbocycles. The first-order chi connectivity index (χ1) is 11.1. The van der Waals surface area contributed by atoms with E-state index in [0.717, 1.165) is 24.7 Å². The fourth-order valence-electron chi connectivity index (χ4n) is 4.22. The molecule has 1 N–H and O–H groups in total. The average Bonchev–Trinajstić information content (AvgIpc) is 3.08. The Bertz CT molecular complexity index is 851. The third-order valence-electron chi connectivity index (χ3n) is 5.40. The van der Waals surface area contributed by atoms with Gasteiger partial charge in [-0.2, -0.15) is 0 Å². The maximum absolute atomic E-state index is 12.7. The van der Waals surface area contributed by atoms with E-state index in [-0.39, 0.29) is 20.9 Å². The van der Waals surface area contributed by atoms with Crippen LogP contribution in [0.3, 0.4) is 0 Å². The van der Waals surface area contributed by atoms with Crippen LogP contribution in [0.15, 0.2) is 28.0 Å². The largest absolute Gasteiger partial charge is 0.242 e. The monoisotopic (exact) mass is 391 g/mol. The lowest BCUT2D eigenvalue weighted by Crippen LogP contribution is -2.40. The third-order valence-corrected chi connectivity index (χ3v) is 8.55. The van der Waals surface area contributed by atoms with Gasteiger partial charge in [-0.3, -0.25) is 0 Å². The second-order valence-corrected chi connectivity index (χ2v) is 11.2. The van der Waals surface area contributed by atoms with Gasteiger partial charge in [0.1, 0.15) is 4.90 Å². The fraction of sp³-hybridized carbons (Fsp3) is 0.625. The van der Waals surface area contributed by atoms with Crippen LogP contribution in [0.5, 0.6) is 0 Å². The molecule has 8 heteroatoms. The number of fused-ring (bicyclic) bond motifs is 2. The zero-order valence-electron chi connectivity index (χ0n) is 13.7. The van der Waals surface area contributed by atoms with Crippen LogP contribution >= 0.6 is 11.6 Å². The van der Waals surface area contributed by atoms with Crippen LogP contribution in [0.4, 0.5) is 0 Å². The number of halogens is 1. The summed E-state index contributed by atoms with van der Waals surface area (Å²) in [7, 11) is -7.38. The lowest BCUT2D eigenvalue weighted by molar-refractivity contribution is 0.280. The number of sulfone groups is 1. The number of rotatable bonds is 5. The van der Waals surface area contributed by atoms with Crippen LogP contribution in [-0.2, 0) is 19.9 Å². The highest BCUT2D eigenvalue weighted by Gasteiger charge is 2.42. The van der Waals surface area contributed by atoms with Gasteiger partial charge in [0.2, 0.25) is 10.0 Å². The van der Waals surface area contributed by atoms with Gasteiger partial charge in [0.15, 0.2) is 9.84 Å². The molecule has 4 atom stereocenters. The quantitative estimate of drug-likeness (QED) is 0.836. The zero-order chi connectivity index (χ0) is 17.7. The van der Waals surface area contributed by atoms with Crippen molar-refractivity contribution in [3.63, 3.8) is 0 Å². The highest BCUT2D eigenvalue weighted by molar-refractivity contribution is 7.91. The number of sulfonamides is 1. The van der Waals surface area contributed by atoms with Crippen LogP contribution in [0.25, 0.3) is 0 Å². The molecular weight excluding hydrogens is 370 g/mol. The topological polar surface area (TPSA) is 80.3 Å². The third kappa shape index (κ3) is 3.49. The Morgan fingerprint density at radius 1 is 1.17 bits per heavy atom. The molecule has 2 saturated carbocycles. The van der Waals surface area contributed by atoms with Gasteiger partial charge in [-0.25, -0.2) is 21.6 Å². The molecule has 2 fully saturated rings. The minimum atomic E-state index is -3.87. The maximum atomic E-state index is 12.7. The van der Waals surface area contributed by atoms with Gasteiger partial charge >= 0.3 is 0 Å². The molecule has 0 saturated heterocycles. The molecule has 0 amide bonds. The van der Waals surface area contributed by atoms with E-state index in [2.05, 4.69) is 4.72 Å². The summed E-state index contributed by atoms with van der Waals surface area (Å²) in [4.78, 5) is -0.234. The lowest BCUT2D eigenvalue weighted by Gasteiger charge is -2.28. The predicted molar refractivity (Wildman–Crippen MR) is 93.3 cm³/mol. The van der Waals surface area contributed by atoms with Crippen molar-refractivity contribution in [2.75, 3.05) is 6.26 Å². The summed E-state index contributed by atoms with van der Waals surface area (Å²) in [6, 6.07) is 3.57. The molecule has 5 nitrogen and oxygen atoms in total. The molecule has 1 aromatic rings. The number of hydrogen-bond acceptors (Lipinski definition) is 4. The highest BCUT2D eigenvalue weighted by atomic mass is 35.5. The molecule has 2 aliphatic rings. The Labute approximate surface area is 148 Å². The van der Waals surface area contributed by atoms with Crippen LogP contribution in [0.1, 0.15) is 32.6 Å². The van der Waals surface area contributed by atoms with Gasteiger partial charge in [-0.15, -0.1) is 0 Å². The molecule has 0 radical (unpaired) electrons. The normalized spacial score (nSPS) is 28.2. The van der Waals surface area contributed by atoms with Gasteiger partial charge in [0, 0.05) is 12.3 Å². The van der Waals surface area contributed by atoms with Gasteiger partial charge in [-0.05, 0) is 62.1 Å². The van der Waals surface area contributed by atoms with Crippen molar-refractivity contribution >= 4 is 31.5 Å². The van der Waals surface area contributed by atoms with E-state index in [1.807, 2.05) is 6.92 Å². The minimum absolute atomic E-state index is 0.0232. The van der Waals surface area contributed by atoms with Crippen molar-refractivity contribution in [2.24, 2.45) is 17.8 Å². The molecule has 134 valence electrons. The van der Waals surface area contributed by atoms with Crippen molar-refractivity contribution in [3.8, 4) is 0 Å². The Balaban J connectivity index is 1.85. The summed E-state index contributed by atoms with van der Waals surface area (Å²) in [5, 5.41) is 0.0232. The van der Waals surface area contributed by atoms with Crippen molar-refractivity contribution in [3.05, 3.63) is 23.2 Å². The van der Waals surface area contributed by atoms with Crippen molar-refractivity contribution in [1.29, 1.82) is 0 Å². The Morgan fingerprint density at radius 3 is 2.42 bits per heavy atom. The smallest absolute Gasteiger partial charge is 0.224 e. The van der Waals surface area contributed by atoms with Crippen LogP contribution in [0, 0.1) is 17.8 Å². The minimum Gasteiger partial charge on any atom is -0.224 e. The summed E-state index contributed by atoms with van der Waals surface area (Å²) >= 11 is 6.02. The number of hydrogen-bond donors (Lipinski definition) is 1. The van der Waals surface area contributed by atoms with Crippen LogP contribution < -0.4 is 4.72 Å². The summed E-state index contributed by atoms with van der Waals surface area (Å²) < 4.78 is 51.5. The van der Waals surface area contributed by atoms with Crippen molar-refractivity contribution in [2.45, 2.75) is 48.4 Å². The SMILES string of the molecule is CC(NS(=O)(=O)c1cc(S(C)(=O)=O)ccc1Cl)C1CC2CCC1C2. The molecular formula is C16H22ClNO4S2. The lowest BCUT2D eigenvalue weighted by atomic mass is 9.84. The molecule has 3 rings (SSSR count). The van der Waals surface area contributed by atoms with Gasteiger partial charge in [-0.1, -0.05) is 18.0 Å². The summed E-state index contributed by atoms with van der Waals surface area (Å²) in [6.45, 7) is 1.89. The van der Waals surface area contributed by atoms with E-state index in [1.54, 1.807) is 0 Å². The van der Waals surface area contributed by atoms with Gasteiger partial charge < -0.3 is 0 Å². The van der Waals surface area contributed by atoms with Crippen LogP contribution in [0.2, 0.25) is 5.02 Å². The Hall–Kier alpha value is -0.630. The standard InChI is InChI=1S/C16H22ClNO4S2/c1-10(14-8-11-3-4-12(14)7-11)18-24(21,22)16-9-13(23(2,19)20)5-6-15(16)17/h5-6,9-12,14,18H,3-4,7-8H2,1-2H3. The zero-order valence-corrected chi connectivity index (χ0v) is 16.1. The predicted octanol–water partition coefficient (Wildman–Crippen LogP) is 2.85. The molecule has 4 unspecified atom stereocenters.